The second kappa shape index (κ2) is 7.60. The van der Waals surface area contributed by atoms with E-state index in [9.17, 15) is 27.2 Å². The first-order chi connectivity index (χ1) is 11.6. The zero-order chi connectivity index (χ0) is 18.6. The van der Waals surface area contributed by atoms with Gasteiger partial charge in [0.2, 0.25) is 5.91 Å². The molecular weight excluding hydrogens is 364 g/mol. The smallest absolute Gasteiger partial charge is 0.391 e. The summed E-state index contributed by atoms with van der Waals surface area (Å²) in [5.41, 5.74) is 0.745. The van der Waals surface area contributed by atoms with Crippen LogP contribution < -0.4 is 5.32 Å². The van der Waals surface area contributed by atoms with Crippen LogP contribution in [0.25, 0.3) is 10.6 Å². The van der Waals surface area contributed by atoms with Crippen LogP contribution >= 0.6 is 11.3 Å². The third-order valence-corrected chi connectivity index (χ3v) is 3.97. The number of carboxylic acids is 1. The monoisotopic (exact) mass is 376 g/mol. The van der Waals surface area contributed by atoms with Crippen molar-refractivity contribution in [2.45, 2.75) is 25.1 Å². The van der Waals surface area contributed by atoms with Crippen molar-refractivity contribution in [1.82, 2.24) is 10.3 Å². The molecule has 1 atom stereocenters. The second-order valence-corrected chi connectivity index (χ2v) is 5.97. The predicted octanol–water partition coefficient (Wildman–Crippen LogP) is 3.01. The van der Waals surface area contributed by atoms with Crippen molar-refractivity contribution in [3.63, 3.8) is 0 Å². The molecule has 0 aliphatic carbocycles. The van der Waals surface area contributed by atoms with E-state index >= 15 is 0 Å². The maximum atomic E-state index is 13.2. The van der Waals surface area contributed by atoms with Crippen molar-refractivity contribution < 1.29 is 32.3 Å². The largest absolute Gasteiger partial charge is 0.480 e. The summed E-state index contributed by atoms with van der Waals surface area (Å²) in [6, 6.07) is 3.57. The fraction of sp³-hybridized carbons (Fsp3) is 0.267. The fourth-order valence-corrected chi connectivity index (χ4v) is 2.80. The van der Waals surface area contributed by atoms with E-state index in [0.717, 1.165) is 11.3 Å². The van der Waals surface area contributed by atoms with Crippen LogP contribution in [0.2, 0.25) is 0 Å². The first-order valence-corrected chi connectivity index (χ1v) is 7.81. The van der Waals surface area contributed by atoms with E-state index in [1.54, 1.807) is 6.07 Å². The van der Waals surface area contributed by atoms with Crippen molar-refractivity contribution in [2.75, 3.05) is 0 Å². The Bertz CT molecular complexity index is 776. The summed E-state index contributed by atoms with van der Waals surface area (Å²) < 4.78 is 50.1. The number of carbonyl (C=O) groups is 2. The lowest BCUT2D eigenvalue weighted by molar-refractivity contribution is -0.159. The van der Waals surface area contributed by atoms with Crippen molar-refractivity contribution >= 4 is 23.2 Å². The minimum absolute atomic E-state index is 0.248. The molecule has 1 unspecified atom stereocenters. The Morgan fingerprint density at radius 2 is 2.04 bits per heavy atom. The first-order valence-electron chi connectivity index (χ1n) is 6.93. The third-order valence-electron chi connectivity index (χ3n) is 3.03. The van der Waals surface area contributed by atoms with Gasteiger partial charge in [0.1, 0.15) is 16.9 Å². The quantitative estimate of drug-likeness (QED) is 0.760. The number of benzene rings is 1. The Kier molecular flexibility index (Phi) is 5.73. The number of aliphatic carboxylic acids is 1. The lowest BCUT2D eigenvalue weighted by Crippen LogP contribution is -2.44. The number of hydrogen-bond donors (Lipinski definition) is 2. The summed E-state index contributed by atoms with van der Waals surface area (Å²) in [4.78, 5) is 26.7. The first kappa shape index (κ1) is 18.8. The van der Waals surface area contributed by atoms with E-state index in [1.807, 2.05) is 5.32 Å². The molecule has 2 aromatic rings. The summed E-state index contributed by atoms with van der Waals surface area (Å²) in [6.45, 7) is 0. The van der Waals surface area contributed by atoms with Gasteiger partial charge < -0.3 is 10.4 Å². The highest BCUT2D eigenvalue weighted by atomic mass is 32.1. The van der Waals surface area contributed by atoms with Crippen LogP contribution in [0, 0.1) is 5.82 Å². The molecule has 0 radical (unpaired) electrons. The van der Waals surface area contributed by atoms with Crippen LogP contribution in [-0.4, -0.2) is 34.2 Å². The highest BCUT2D eigenvalue weighted by molar-refractivity contribution is 7.13. The molecule has 0 aliphatic heterocycles. The van der Waals surface area contributed by atoms with E-state index in [4.69, 9.17) is 5.11 Å². The average Bonchev–Trinajstić information content (AvgIpc) is 2.93. The number of amides is 1. The lowest BCUT2D eigenvalue weighted by atomic mass is 10.2. The van der Waals surface area contributed by atoms with E-state index < -0.39 is 36.3 Å². The Hall–Kier alpha value is -2.49. The standard InChI is InChI=1S/C15H12F4N2O3S/c16-9-3-1-2-8(4-9)13-20-10(7-25-13)5-12(22)21-11(14(23)24)6-15(17,18)19/h1-4,7,11H,5-6H2,(H,21,22)(H,23,24). The van der Waals surface area contributed by atoms with Crippen LogP contribution in [0.5, 0.6) is 0 Å². The second-order valence-electron chi connectivity index (χ2n) is 5.11. The van der Waals surface area contributed by atoms with Gasteiger partial charge in [0, 0.05) is 10.9 Å². The van der Waals surface area contributed by atoms with E-state index in [0.29, 0.717) is 10.6 Å². The van der Waals surface area contributed by atoms with E-state index in [-0.39, 0.29) is 12.1 Å². The number of alkyl halides is 3. The van der Waals surface area contributed by atoms with Crippen molar-refractivity contribution in [3.05, 3.63) is 41.2 Å². The van der Waals surface area contributed by atoms with Crippen molar-refractivity contribution in [2.24, 2.45) is 0 Å². The van der Waals surface area contributed by atoms with E-state index in [2.05, 4.69) is 4.98 Å². The maximum Gasteiger partial charge on any atom is 0.391 e. The van der Waals surface area contributed by atoms with Gasteiger partial charge in [-0.1, -0.05) is 12.1 Å². The summed E-state index contributed by atoms with van der Waals surface area (Å²) in [7, 11) is 0. The van der Waals surface area contributed by atoms with Crippen molar-refractivity contribution in [1.29, 1.82) is 0 Å². The number of halogens is 4. The number of carbonyl (C=O) groups excluding carboxylic acids is 1. The fourth-order valence-electron chi connectivity index (χ4n) is 1.98. The van der Waals surface area contributed by atoms with Crippen LogP contribution in [0.1, 0.15) is 12.1 Å². The molecule has 0 bridgehead atoms. The molecule has 1 aromatic heterocycles. The SMILES string of the molecule is O=C(Cc1csc(-c2cccc(F)c2)n1)NC(CC(F)(F)F)C(=O)O. The minimum atomic E-state index is -4.72. The van der Waals surface area contributed by atoms with Crippen LogP contribution in [-0.2, 0) is 16.0 Å². The molecule has 1 heterocycles. The molecule has 1 amide bonds. The van der Waals surface area contributed by atoms with Gasteiger partial charge in [-0.3, -0.25) is 4.79 Å². The normalized spacial score (nSPS) is 12.6. The van der Waals surface area contributed by atoms with E-state index in [1.165, 1.54) is 23.6 Å². The minimum Gasteiger partial charge on any atom is -0.480 e. The number of nitrogens with zero attached hydrogens (tertiary/aromatic N) is 1. The zero-order valence-electron chi connectivity index (χ0n) is 12.5. The molecule has 0 fully saturated rings. The van der Waals surface area contributed by atoms with Crippen LogP contribution in [0.4, 0.5) is 17.6 Å². The molecule has 0 saturated heterocycles. The van der Waals surface area contributed by atoms with Crippen LogP contribution in [0.15, 0.2) is 29.6 Å². The molecule has 2 N–H and O–H groups in total. The van der Waals surface area contributed by atoms with Gasteiger partial charge in [-0.2, -0.15) is 13.2 Å². The van der Waals surface area contributed by atoms with Gasteiger partial charge in [0.25, 0.3) is 0 Å². The number of aromatic nitrogens is 1. The topological polar surface area (TPSA) is 79.3 Å². The molecule has 0 aliphatic rings. The lowest BCUT2D eigenvalue weighted by Gasteiger charge is -2.15. The molecule has 0 spiro atoms. The highest BCUT2D eigenvalue weighted by Crippen LogP contribution is 2.25. The number of hydrogen-bond acceptors (Lipinski definition) is 4. The van der Waals surface area contributed by atoms with Gasteiger partial charge in [-0.15, -0.1) is 11.3 Å². The van der Waals surface area contributed by atoms with Gasteiger partial charge >= 0.3 is 12.1 Å². The predicted molar refractivity (Wildman–Crippen MR) is 81.5 cm³/mol. The number of carboxylic acid groups (broad SMARTS) is 1. The summed E-state index contributed by atoms with van der Waals surface area (Å²) in [6.07, 6.45) is -6.77. The van der Waals surface area contributed by atoms with Gasteiger partial charge in [0.15, 0.2) is 0 Å². The molecule has 0 saturated carbocycles. The van der Waals surface area contributed by atoms with Gasteiger partial charge in [-0.05, 0) is 12.1 Å². The molecule has 25 heavy (non-hydrogen) atoms. The highest BCUT2D eigenvalue weighted by Gasteiger charge is 2.36. The molecule has 10 heteroatoms. The maximum absolute atomic E-state index is 13.2. The Labute approximate surface area is 143 Å². The van der Waals surface area contributed by atoms with Crippen molar-refractivity contribution in [3.8, 4) is 10.6 Å². The number of nitrogens with one attached hydrogen (secondary N) is 1. The zero-order valence-corrected chi connectivity index (χ0v) is 13.3. The van der Waals surface area contributed by atoms with Gasteiger partial charge in [0.05, 0.1) is 18.5 Å². The molecule has 2 rings (SSSR count). The Morgan fingerprint density at radius 3 is 2.64 bits per heavy atom. The molecule has 134 valence electrons. The summed E-state index contributed by atoms with van der Waals surface area (Å²) in [5, 5.41) is 12.5. The summed E-state index contributed by atoms with van der Waals surface area (Å²) in [5.74, 6) is -3.12. The molecular formula is C15H12F4N2O3S. The molecule has 5 nitrogen and oxygen atoms in total. The number of rotatable bonds is 6. The van der Waals surface area contributed by atoms with Crippen LogP contribution in [0.3, 0.4) is 0 Å². The summed E-state index contributed by atoms with van der Waals surface area (Å²) >= 11 is 1.13. The molecule has 1 aromatic carbocycles. The third kappa shape index (κ3) is 5.82. The number of thiazole rings is 1. The van der Waals surface area contributed by atoms with Gasteiger partial charge in [-0.25, -0.2) is 14.2 Å². The Morgan fingerprint density at radius 1 is 1.32 bits per heavy atom. The Balaban J connectivity index is 2.02. The average molecular weight is 376 g/mol.